The summed E-state index contributed by atoms with van der Waals surface area (Å²) in [6, 6.07) is 5.65. The topological polar surface area (TPSA) is 39.9 Å². The summed E-state index contributed by atoms with van der Waals surface area (Å²) in [6.45, 7) is 0. The van der Waals surface area contributed by atoms with Crippen molar-refractivity contribution >= 4 is 15.9 Å². The molecule has 0 saturated heterocycles. The molecular formula is C9H10BrN3. The minimum atomic E-state index is -0.270. The summed E-state index contributed by atoms with van der Waals surface area (Å²) >= 11 is 3.29. The van der Waals surface area contributed by atoms with Gasteiger partial charge in [-0.25, -0.2) is 0 Å². The fourth-order valence-corrected chi connectivity index (χ4v) is 1.23. The molecule has 0 N–H and O–H groups in total. The van der Waals surface area contributed by atoms with Gasteiger partial charge < -0.3 is 0 Å². The van der Waals surface area contributed by atoms with Crippen molar-refractivity contribution in [1.29, 1.82) is 5.26 Å². The van der Waals surface area contributed by atoms with E-state index in [2.05, 4.69) is 27.0 Å². The molecule has 1 atom stereocenters. The summed E-state index contributed by atoms with van der Waals surface area (Å²) in [5.41, 5.74) is 0.774. The van der Waals surface area contributed by atoms with Gasteiger partial charge in [0, 0.05) is 10.7 Å². The van der Waals surface area contributed by atoms with Gasteiger partial charge in [-0.3, -0.25) is 9.88 Å². The Bertz CT molecular complexity index is 313. The number of hydrogen-bond acceptors (Lipinski definition) is 3. The molecule has 68 valence electrons. The lowest BCUT2D eigenvalue weighted by Crippen LogP contribution is -2.19. The van der Waals surface area contributed by atoms with Gasteiger partial charge in [-0.2, -0.15) is 5.26 Å². The average Bonchev–Trinajstić information content (AvgIpc) is 2.09. The van der Waals surface area contributed by atoms with Crippen LogP contribution in [0.25, 0.3) is 0 Å². The Labute approximate surface area is 86.1 Å². The highest BCUT2D eigenvalue weighted by Crippen LogP contribution is 2.16. The average molecular weight is 240 g/mol. The maximum absolute atomic E-state index is 8.88. The predicted molar refractivity (Wildman–Crippen MR) is 54.0 cm³/mol. The van der Waals surface area contributed by atoms with Gasteiger partial charge in [0.25, 0.3) is 0 Å². The Morgan fingerprint density at radius 3 is 2.62 bits per heavy atom. The highest BCUT2D eigenvalue weighted by atomic mass is 79.9. The van der Waals surface area contributed by atoms with E-state index in [-0.39, 0.29) is 6.04 Å². The number of hydrogen-bond donors (Lipinski definition) is 0. The lowest BCUT2D eigenvalue weighted by Gasteiger charge is -2.15. The van der Waals surface area contributed by atoms with Crippen molar-refractivity contribution in [2.75, 3.05) is 14.1 Å². The molecular weight excluding hydrogens is 230 g/mol. The first-order valence-corrected chi connectivity index (χ1v) is 4.62. The van der Waals surface area contributed by atoms with Crippen LogP contribution < -0.4 is 0 Å². The number of nitrogens with zero attached hydrogens (tertiary/aromatic N) is 3. The van der Waals surface area contributed by atoms with Crippen LogP contribution in [0.2, 0.25) is 0 Å². The molecule has 0 aromatic carbocycles. The van der Waals surface area contributed by atoms with E-state index in [1.54, 1.807) is 6.20 Å². The molecule has 0 saturated carbocycles. The lowest BCUT2D eigenvalue weighted by atomic mass is 10.2. The van der Waals surface area contributed by atoms with Crippen molar-refractivity contribution in [2.24, 2.45) is 0 Å². The van der Waals surface area contributed by atoms with Crippen LogP contribution in [0.15, 0.2) is 22.8 Å². The van der Waals surface area contributed by atoms with Gasteiger partial charge >= 0.3 is 0 Å². The molecule has 0 spiro atoms. The predicted octanol–water partition coefficient (Wildman–Crippen LogP) is 1.97. The minimum absolute atomic E-state index is 0.270. The molecule has 0 aliphatic carbocycles. The lowest BCUT2D eigenvalue weighted by molar-refractivity contribution is 0.352. The van der Waals surface area contributed by atoms with Gasteiger partial charge in [-0.15, -0.1) is 0 Å². The fourth-order valence-electron chi connectivity index (χ4n) is 0.995. The molecule has 1 unspecified atom stereocenters. The molecule has 0 aliphatic rings. The van der Waals surface area contributed by atoms with E-state index in [1.165, 1.54) is 0 Å². The summed E-state index contributed by atoms with van der Waals surface area (Å²) in [4.78, 5) is 5.99. The molecule has 0 aliphatic heterocycles. The Balaban J connectivity index is 2.94. The molecule has 1 heterocycles. The van der Waals surface area contributed by atoms with Crippen LogP contribution in [0, 0.1) is 11.3 Å². The van der Waals surface area contributed by atoms with Gasteiger partial charge in [0.15, 0.2) is 0 Å². The molecule has 1 rings (SSSR count). The number of pyridine rings is 1. The third-order valence-corrected chi connectivity index (χ3v) is 2.14. The highest BCUT2D eigenvalue weighted by molar-refractivity contribution is 9.10. The number of nitriles is 1. The number of aromatic nitrogens is 1. The van der Waals surface area contributed by atoms with E-state index >= 15 is 0 Å². The third-order valence-electron chi connectivity index (χ3n) is 1.67. The maximum Gasteiger partial charge on any atom is 0.140 e. The van der Waals surface area contributed by atoms with Gasteiger partial charge in [-0.05, 0) is 42.2 Å². The molecule has 0 bridgehead atoms. The van der Waals surface area contributed by atoms with E-state index < -0.39 is 0 Å². The Hall–Kier alpha value is -0.920. The first kappa shape index (κ1) is 10.2. The molecule has 0 amide bonds. The van der Waals surface area contributed by atoms with Crippen LogP contribution in [-0.2, 0) is 0 Å². The monoisotopic (exact) mass is 239 g/mol. The van der Waals surface area contributed by atoms with Crippen molar-refractivity contribution in [3.63, 3.8) is 0 Å². The molecule has 1 aromatic rings. The largest absolute Gasteiger partial charge is 0.289 e. The van der Waals surface area contributed by atoms with Crippen LogP contribution in [0.5, 0.6) is 0 Å². The molecule has 4 heteroatoms. The third kappa shape index (κ3) is 2.51. The Morgan fingerprint density at radius 2 is 2.23 bits per heavy atom. The number of rotatable bonds is 2. The fraction of sp³-hybridized carbons (Fsp3) is 0.333. The van der Waals surface area contributed by atoms with Crippen LogP contribution >= 0.6 is 15.9 Å². The zero-order valence-electron chi connectivity index (χ0n) is 7.53. The minimum Gasteiger partial charge on any atom is -0.289 e. The van der Waals surface area contributed by atoms with Crippen molar-refractivity contribution in [1.82, 2.24) is 9.88 Å². The van der Waals surface area contributed by atoms with Crippen molar-refractivity contribution < 1.29 is 0 Å². The van der Waals surface area contributed by atoms with E-state index in [4.69, 9.17) is 5.26 Å². The molecule has 1 aromatic heterocycles. The molecule has 3 nitrogen and oxygen atoms in total. The number of halogens is 1. The zero-order valence-corrected chi connectivity index (χ0v) is 9.12. The SMILES string of the molecule is CN(C)C(C#N)c1ccc(Br)cn1. The van der Waals surface area contributed by atoms with Gasteiger partial charge in [0.1, 0.15) is 6.04 Å². The van der Waals surface area contributed by atoms with E-state index in [0.29, 0.717) is 0 Å². The second kappa shape index (κ2) is 4.35. The quantitative estimate of drug-likeness (QED) is 0.793. The van der Waals surface area contributed by atoms with Crippen molar-refractivity contribution in [2.45, 2.75) is 6.04 Å². The van der Waals surface area contributed by atoms with Crippen molar-refractivity contribution in [3.8, 4) is 6.07 Å². The van der Waals surface area contributed by atoms with E-state index in [1.807, 2.05) is 31.1 Å². The first-order valence-electron chi connectivity index (χ1n) is 3.82. The molecule has 0 radical (unpaired) electrons. The van der Waals surface area contributed by atoms with E-state index in [9.17, 15) is 0 Å². The summed E-state index contributed by atoms with van der Waals surface area (Å²) in [6.07, 6.45) is 1.70. The summed E-state index contributed by atoms with van der Waals surface area (Å²) in [7, 11) is 3.72. The normalized spacial score (nSPS) is 12.5. The van der Waals surface area contributed by atoms with Crippen LogP contribution in [0.4, 0.5) is 0 Å². The summed E-state index contributed by atoms with van der Waals surface area (Å²) in [5, 5.41) is 8.88. The van der Waals surface area contributed by atoms with Crippen LogP contribution in [0.1, 0.15) is 11.7 Å². The first-order chi connectivity index (χ1) is 6.15. The van der Waals surface area contributed by atoms with E-state index in [0.717, 1.165) is 10.2 Å². The van der Waals surface area contributed by atoms with Crippen LogP contribution in [0.3, 0.4) is 0 Å². The molecule has 13 heavy (non-hydrogen) atoms. The zero-order chi connectivity index (χ0) is 9.84. The Morgan fingerprint density at radius 1 is 1.54 bits per heavy atom. The standard InChI is InChI=1S/C9H10BrN3/c1-13(2)9(5-11)8-4-3-7(10)6-12-8/h3-4,6,9H,1-2H3. The van der Waals surface area contributed by atoms with Gasteiger partial charge in [-0.1, -0.05) is 0 Å². The second-order valence-corrected chi connectivity index (χ2v) is 3.81. The Kier molecular flexibility index (Phi) is 3.40. The molecule has 0 fully saturated rings. The van der Waals surface area contributed by atoms with Crippen LogP contribution in [-0.4, -0.2) is 24.0 Å². The van der Waals surface area contributed by atoms with Gasteiger partial charge in [0.05, 0.1) is 11.8 Å². The smallest absolute Gasteiger partial charge is 0.140 e. The second-order valence-electron chi connectivity index (χ2n) is 2.90. The van der Waals surface area contributed by atoms with Crippen molar-refractivity contribution in [3.05, 3.63) is 28.5 Å². The summed E-state index contributed by atoms with van der Waals surface area (Å²) in [5.74, 6) is 0. The highest BCUT2D eigenvalue weighted by Gasteiger charge is 2.13. The van der Waals surface area contributed by atoms with Gasteiger partial charge in [0.2, 0.25) is 0 Å². The maximum atomic E-state index is 8.88. The summed E-state index contributed by atoms with van der Waals surface area (Å²) < 4.78 is 0.923.